The van der Waals surface area contributed by atoms with Gasteiger partial charge in [0.25, 0.3) is 0 Å². The molecule has 6 atom stereocenters. The van der Waals surface area contributed by atoms with E-state index in [1.54, 1.807) is 17.0 Å². The zero-order valence-corrected chi connectivity index (χ0v) is 31.7. The Kier molecular flexibility index (Phi) is 8.67. The molecular formula is C50H44N2O5. The first-order valence-corrected chi connectivity index (χ1v) is 20.3. The number of benzene rings is 5. The van der Waals surface area contributed by atoms with Crippen molar-refractivity contribution in [2.75, 3.05) is 13.1 Å². The average molecular weight is 753 g/mol. The van der Waals surface area contributed by atoms with Crippen LogP contribution in [0.2, 0.25) is 0 Å². The Morgan fingerprint density at radius 3 is 2.05 bits per heavy atom. The van der Waals surface area contributed by atoms with Crippen molar-refractivity contribution in [2.24, 2.45) is 23.7 Å². The minimum Gasteiger partial charge on any atom is -0.507 e. The number of phenolic OH excluding ortho intramolecular Hbond substituents is 1. The molecule has 2 heterocycles. The number of hydrogen-bond donors (Lipinski definition) is 1. The molecule has 0 spiro atoms. The van der Waals surface area contributed by atoms with Gasteiger partial charge in [-0.05, 0) is 71.4 Å². The Hall–Kier alpha value is -5.92. The van der Waals surface area contributed by atoms with Gasteiger partial charge in [0.2, 0.25) is 11.8 Å². The van der Waals surface area contributed by atoms with Crippen LogP contribution >= 0.6 is 0 Å². The number of carbonyl (C=O) groups is 4. The molecule has 284 valence electrons. The van der Waals surface area contributed by atoms with Crippen LogP contribution in [0.4, 0.5) is 0 Å². The summed E-state index contributed by atoms with van der Waals surface area (Å²) in [7, 11) is 0. The van der Waals surface area contributed by atoms with Gasteiger partial charge in [-0.3, -0.25) is 29.0 Å². The van der Waals surface area contributed by atoms with Gasteiger partial charge < -0.3 is 5.11 Å². The summed E-state index contributed by atoms with van der Waals surface area (Å²) in [6, 6.07) is 40.4. The molecule has 1 saturated carbocycles. The highest BCUT2D eigenvalue weighted by Crippen LogP contribution is 2.64. The number of likely N-dealkylation sites (tertiary alicyclic amines) is 2. The Morgan fingerprint density at radius 1 is 0.684 bits per heavy atom. The maximum atomic E-state index is 15.4. The number of Topliss-reactive ketones (excluding diaryl/α,β-unsaturated/α-hetero) is 1. The number of phenols is 1. The van der Waals surface area contributed by atoms with Crippen molar-refractivity contribution in [2.45, 2.75) is 49.6 Å². The van der Waals surface area contributed by atoms with Crippen molar-refractivity contribution < 1.29 is 24.3 Å². The monoisotopic (exact) mass is 752 g/mol. The Morgan fingerprint density at radius 2 is 1.33 bits per heavy atom. The lowest BCUT2D eigenvalue weighted by molar-refractivity contribution is -0.144. The van der Waals surface area contributed by atoms with E-state index in [2.05, 4.69) is 23.1 Å². The number of imide groups is 1. The summed E-state index contributed by atoms with van der Waals surface area (Å²) in [5.41, 5.74) is 3.48. The third-order valence-corrected chi connectivity index (χ3v) is 13.8. The molecule has 2 saturated heterocycles. The minimum absolute atomic E-state index is 0.107. The fourth-order valence-corrected chi connectivity index (χ4v) is 11.3. The largest absolute Gasteiger partial charge is 0.507 e. The summed E-state index contributed by atoms with van der Waals surface area (Å²) in [4.78, 5) is 64.2. The van der Waals surface area contributed by atoms with Crippen LogP contribution in [0.25, 0.3) is 16.3 Å². The number of rotatable bonds is 6. The second kappa shape index (κ2) is 13.9. The van der Waals surface area contributed by atoms with E-state index >= 15 is 9.59 Å². The molecule has 7 heteroatoms. The van der Waals surface area contributed by atoms with E-state index in [-0.39, 0.29) is 41.6 Å². The minimum atomic E-state index is -1.33. The second-order valence-corrected chi connectivity index (χ2v) is 16.5. The van der Waals surface area contributed by atoms with Crippen molar-refractivity contribution in [3.63, 3.8) is 0 Å². The van der Waals surface area contributed by atoms with Crippen LogP contribution in [0.1, 0.15) is 53.9 Å². The first-order chi connectivity index (χ1) is 27.9. The van der Waals surface area contributed by atoms with Crippen LogP contribution in [-0.4, -0.2) is 57.4 Å². The van der Waals surface area contributed by atoms with Crippen molar-refractivity contribution >= 4 is 39.7 Å². The van der Waals surface area contributed by atoms with Gasteiger partial charge in [0.1, 0.15) is 5.75 Å². The summed E-state index contributed by atoms with van der Waals surface area (Å²) < 4.78 is 0. The average Bonchev–Trinajstić information content (AvgIpc) is 3.51. The molecule has 57 heavy (non-hydrogen) atoms. The lowest BCUT2D eigenvalue weighted by Gasteiger charge is -2.55. The molecule has 3 aliphatic carbocycles. The molecule has 10 rings (SSSR count). The van der Waals surface area contributed by atoms with Crippen LogP contribution in [0, 0.1) is 23.7 Å². The fourth-order valence-electron chi connectivity index (χ4n) is 11.3. The smallest absolute Gasteiger partial charge is 0.233 e. The number of ketones is 2. The van der Waals surface area contributed by atoms with Crippen molar-refractivity contribution in [3.05, 3.63) is 167 Å². The molecule has 0 bridgehead atoms. The topological polar surface area (TPSA) is 95.0 Å². The Bertz CT molecular complexity index is 2490. The predicted molar refractivity (Wildman–Crippen MR) is 219 cm³/mol. The molecule has 1 N–H and O–H groups in total. The van der Waals surface area contributed by atoms with E-state index in [4.69, 9.17) is 0 Å². The van der Waals surface area contributed by atoms with Gasteiger partial charge in [-0.25, -0.2) is 0 Å². The summed E-state index contributed by atoms with van der Waals surface area (Å²) in [6.07, 6.45) is 5.78. The van der Waals surface area contributed by atoms with Gasteiger partial charge in [0.05, 0.1) is 17.3 Å². The molecule has 0 unspecified atom stereocenters. The standard InChI is InChI=1S/C50H44N2O5/c53-43-23-22-37(35-18-10-11-19-36(35)43)46-38-20-21-39-45(49(57)52(48(39)56)34-24-26-51(27-25-34)30-31-12-4-1-5-13-31)41(38)28-42-47(55)40(32-14-6-2-7-15-32)29-44(54)50(42,46)33-16-8-3-9-17-33/h1-20,22-23,29,34,39,41-42,45-46,53H,21,24-28,30H2/t39-,41+,42-,45-,46-,50-/m0/s1. The molecule has 3 fully saturated rings. The highest BCUT2D eigenvalue weighted by Gasteiger charge is 2.66. The van der Waals surface area contributed by atoms with Crippen molar-refractivity contribution in [3.8, 4) is 5.75 Å². The zero-order chi connectivity index (χ0) is 38.8. The zero-order valence-electron chi connectivity index (χ0n) is 31.7. The van der Waals surface area contributed by atoms with E-state index in [1.165, 1.54) is 5.56 Å². The highest BCUT2D eigenvalue weighted by atomic mass is 16.3. The molecule has 2 aliphatic heterocycles. The first kappa shape index (κ1) is 35.5. The van der Waals surface area contributed by atoms with E-state index in [1.807, 2.05) is 109 Å². The number of aromatic hydroxyl groups is 1. The molecule has 5 aliphatic rings. The SMILES string of the molecule is O=C1C(c2ccccc2)=CC(=O)[C@@]2(c3ccccc3)[C@@H](c3ccc(O)c4ccccc34)C3=CC[C@@H]4C(=O)N(C5CCN(Cc6ccccc6)CC5)C(=O)[C@@H]4[C@@H]3C[C@@H]12. The maximum absolute atomic E-state index is 15.4. The van der Waals surface area contributed by atoms with E-state index in [9.17, 15) is 14.7 Å². The third-order valence-electron chi connectivity index (χ3n) is 13.8. The van der Waals surface area contributed by atoms with Crippen LogP contribution in [0.3, 0.4) is 0 Å². The quantitative estimate of drug-likeness (QED) is 0.140. The summed E-state index contributed by atoms with van der Waals surface area (Å²) in [5, 5.41) is 12.5. The number of hydrogen-bond acceptors (Lipinski definition) is 6. The van der Waals surface area contributed by atoms with Crippen LogP contribution in [0.15, 0.2) is 145 Å². The third kappa shape index (κ3) is 5.50. The highest BCUT2D eigenvalue weighted by molar-refractivity contribution is 6.31. The van der Waals surface area contributed by atoms with Crippen molar-refractivity contribution in [1.29, 1.82) is 0 Å². The Balaban J connectivity index is 1.10. The van der Waals surface area contributed by atoms with Gasteiger partial charge in [0, 0.05) is 48.5 Å². The first-order valence-electron chi connectivity index (χ1n) is 20.3. The van der Waals surface area contributed by atoms with Gasteiger partial charge in [-0.15, -0.1) is 0 Å². The fraction of sp³-hybridized carbons (Fsp3) is 0.280. The van der Waals surface area contributed by atoms with E-state index < -0.39 is 35.0 Å². The van der Waals surface area contributed by atoms with E-state index in [0.717, 1.165) is 54.6 Å². The predicted octanol–water partition coefficient (Wildman–Crippen LogP) is 8.03. The van der Waals surface area contributed by atoms with Crippen LogP contribution in [-0.2, 0) is 31.1 Å². The summed E-state index contributed by atoms with van der Waals surface area (Å²) in [5.74, 6) is -3.44. The Labute approximate surface area is 332 Å². The number of nitrogens with zero attached hydrogens (tertiary/aromatic N) is 2. The van der Waals surface area contributed by atoms with Crippen LogP contribution in [0.5, 0.6) is 5.75 Å². The van der Waals surface area contributed by atoms with Gasteiger partial charge in [-0.1, -0.05) is 133 Å². The molecule has 0 radical (unpaired) electrons. The van der Waals surface area contributed by atoms with Gasteiger partial charge in [-0.2, -0.15) is 0 Å². The normalized spacial score (nSPS) is 27.8. The molecule has 0 aromatic heterocycles. The lowest BCUT2D eigenvalue weighted by Crippen LogP contribution is -2.59. The summed E-state index contributed by atoms with van der Waals surface area (Å²) in [6.45, 7) is 2.42. The molecule has 5 aromatic carbocycles. The molecule has 2 amide bonds. The number of allylic oxidation sites excluding steroid dienone is 4. The molecular weight excluding hydrogens is 709 g/mol. The molecule has 7 nitrogen and oxygen atoms in total. The van der Waals surface area contributed by atoms with Gasteiger partial charge in [0.15, 0.2) is 11.6 Å². The van der Waals surface area contributed by atoms with E-state index in [0.29, 0.717) is 22.9 Å². The van der Waals surface area contributed by atoms with Crippen molar-refractivity contribution in [1.82, 2.24) is 9.80 Å². The second-order valence-electron chi connectivity index (χ2n) is 16.5. The number of fused-ring (bicyclic) bond motifs is 5. The number of amides is 2. The van der Waals surface area contributed by atoms with Gasteiger partial charge >= 0.3 is 0 Å². The lowest BCUT2D eigenvalue weighted by atomic mass is 9.44. The molecule has 5 aromatic rings. The number of piperidine rings is 1. The maximum Gasteiger partial charge on any atom is 0.233 e. The number of carbonyl (C=O) groups excluding carboxylic acids is 4. The van der Waals surface area contributed by atoms with Crippen LogP contribution < -0.4 is 0 Å². The summed E-state index contributed by atoms with van der Waals surface area (Å²) >= 11 is 0.